The van der Waals surface area contributed by atoms with E-state index in [1.165, 1.54) is 81.9 Å². The maximum atomic E-state index is 8.78. The average Bonchev–Trinajstić information content (AvgIpc) is 2.59. The Morgan fingerprint density at radius 2 is 1.21 bits per heavy atom. The van der Waals surface area contributed by atoms with E-state index >= 15 is 0 Å². The molecular formula is C21H34ClNS. The van der Waals surface area contributed by atoms with Crippen LogP contribution in [0.3, 0.4) is 0 Å². The molecule has 0 aliphatic heterocycles. The van der Waals surface area contributed by atoms with Gasteiger partial charge in [-0.2, -0.15) is 5.26 Å². The van der Waals surface area contributed by atoms with Crippen molar-refractivity contribution in [1.29, 1.82) is 5.26 Å². The Morgan fingerprint density at radius 1 is 0.750 bits per heavy atom. The summed E-state index contributed by atoms with van der Waals surface area (Å²) in [6.07, 6.45) is 18.9. The van der Waals surface area contributed by atoms with Crippen LogP contribution >= 0.6 is 0 Å². The predicted octanol–water partition coefficient (Wildman–Crippen LogP) is 2.84. The molecule has 1 nitrogen and oxygen atoms in total. The van der Waals surface area contributed by atoms with Crippen LogP contribution in [0.5, 0.6) is 0 Å². The smallest absolute Gasteiger partial charge is 0.105 e. The van der Waals surface area contributed by atoms with E-state index < -0.39 is 0 Å². The van der Waals surface area contributed by atoms with Gasteiger partial charge in [0.2, 0.25) is 0 Å². The molecule has 0 amide bonds. The second-order valence-electron chi connectivity index (χ2n) is 6.49. The largest absolute Gasteiger partial charge is 1.00 e. The van der Waals surface area contributed by atoms with Gasteiger partial charge in [0.25, 0.3) is 0 Å². The van der Waals surface area contributed by atoms with E-state index in [1.807, 2.05) is 12.1 Å². The Labute approximate surface area is 160 Å². The molecule has 0 N–H and O–H groups in total. The van der Waals surface area contributed by atoms with E-state index in [1.54, 1.807) is 11.8 Å². The van der Waals surface area contributed by atoms with Gasteiger partial charge in [0.15, 0.2) is 0 Å². The Morgan fingerprint density at radius 3 is 1.67 bits per heavy atom. The first-order valence-electron chi connectivity index (χ1n) is 9.41. The normalized spacial score (nSPS) is 10.2. The molecule has 3 heteroatoms. The van der Waals surface area contributed by atoms with Gasteiger partial charge in [-0.05, 0) is 55.1 Å². The summed E-state index contributed by atoms with van der Waals surface area (Å²) in [4.78, 5) is 0. The van der Waals surface area contributed by atoms with E-state index in [-0.39, 0.29) is 12.4 Å². The van der Waals surface area contributed by atoms with Gasteiger partial charge in [-0.3, -0.25) is 0 Å². The van der Waals surface area contributed by atoms with Gasteiger partial charge in [0.05, 0.1) is 17.9 Å². The molecule has 0 heterocycles. The van der Waals surface area contributed by atoms with E-state index in [4.69, 9.17) is 5.26 Å². The third-order valence-electron chi connectivity index (χ3n) is 4.43. The van der Waals surface area contributed by atoms with Crippen molar-refractivity contribution in [1.82, 2.24) is 0 Å². The fourth-order valence-corrected chi connectivity index (χ4v) is 3.48. The summed E-state index contributed by atoms with van der Waals surface area (Å²) in [5.41, 5.74) is 2.13. The quantitative estimate of drug-likeness (QED) is 0.282. The summed E-state index contributed by atoms with van der Waals surface area (Å²) in [5.74, 6) is 1.39. The molecule has 1 rings (SSSR count). The molecule has 0 saturated heterocycles. The fraction of sp³-hybridized carbons (Fsp3) is 0.667. The number of benzene rings is 1. The molecule has 0 aliphatic rings. The molecule has 0 fully saturated rings. The number of unbranched alkanes of at least 4 members (excludes halogenated alkanes) is 10. The molecule has 0 saturated carbocycles. The summed E-state index contributed by atoms with van der Waals surface area (Å²) < 4.78 is 0. The zero-order chi connectivity index (χ0) is 16.6. The Hall–Kier alpha value is -0.650. The number of hydrogen-bond acceptors (Lipinski definition) is 1. The first-order chi connectivity index (χ1) is 11.4. The molecule has 0 radical (unpaired) electrons. The molecule has 1 aromatic carbocycles. The monoisotopic (exact) mass is 367 g/mol. The van der Waals surface area contributed by atoms with Crippen molar-refractivity contribution in [2.75, 3.05) is 12.0 Å². The van der Waals surface area contributed by atoms with Gasteiger partial charge >= 0.3 is 0 Å². The highest BCUT2D eigenvalue weighted by Crippen LogP contribution is 2.13. The molecule has 0 bridgehead atoms. The average molecular weight is 368 g/mol. The lowest BCUT2D eigenvalue weighted by Gasteiger charge is -2.03. The van der Waals surface area contributed by atoms with Crippen molar-refractivity contribution >= 4 is 11.8 Å². The minimum atomic E-state index is 0. The second-order valence-corrected chi connectivity index (χ2v) is 7.57. The maximum Gasteiger partial charge on any atom is 0.105 e. The highest BCUT2D eigenvalue weighted by molar-refractivity contribution is 7.77. The van der Waals surface area contributed by atoms with Crippen LogP contribution in [0.4, 0.5) is 0 Å². The minimum Gasteiger partial charge on any atom is -1.00 e. The van der Waals surface area contributed by atoms with Crippen LogP contribution in [0, 0.1) is 11.3 Å². The molecule has 0 unspecified atom stereocenters. The van der Waals surface area contributed by atoms with Crippen LogP contribution in [-0.2, 0) is 18.2 Å². The van der Waals surface area contributed by atoms with Crippen molar-refractivity contribution in [3.63, 3.8) is 0 Å². The van der Waals surface area contributed by atoms with Crippen molar-refractivity contribution < 1.29 is 12.4 Å². The first-order valence-corrected chi connectivity index (χ1v) is 10.9. The zero-order valence-corrected chi connectivity index (χ0v) is 16.9. The summed E-state index contributed by atoms with van der Waals surface area (Å²) in [6.45, 7) is 0. The molecule has 1 aromatic rings. The van der Waals surface area contributed by atoms with Gasteiger partial charge in [-0.15, -0.1) is 0 Å². The van der Waals surface area contributed by atoms with Crippen molar-refractivity contribution in [3.8, 4) is 6.07 Å². The fourth-order valence-electron chi connectivity index (χ4n) is 2.94. The number of rotatable bonds is 14. The van der Waals surface area contributed by atoms with Gasteiger partial charge in [-0.1, -0.05) is 63.5 Å². The lowest BCUT2D eigenvalue weighted by molar-refractivity contribution is -0.00000512. The molecule has 0 aromatic heterocycles. The SMILES string of the molecule is C[SH+]CCCCCCCCCCCCCc1ccc(C#N)cc1.[Cl-]. The Kier molecular flexibility index (Phi) is 16.7. The van der Waals surface area contributed by atoms with Crippen LogP contribution < -0.4 is 12.4 Å². The van der Waals surface area contributed by atoms with Crippen LogP contribution in [0.15, 0.2) is 24.3 Å². The second kappa shape index (κ2) is 17.2. The summed E-state index contributed by atoms with van der Waals surface area (Å²) in [6, 6.07) is 10.2. The van der Waals surface area contributed by atoms with Crippen molar-refractivity contribution in [2.45, 2.75) is 77.0 Å². The van der Waals surface area contributed by atoms with Crippen LogP contribution in [-0.4, -0.2) is 12.0 Å². The number of nitriles is 1. The van der Waals surface area contributed by atoms with Gasteiger partial charge in [0, 0.05) is 0 Å². The molecule has 136 valence electrons. The van der Waals surface area contributed by atoms with Gasteiger partial charge in [-0.25, -0.2) is 0 Å². The topological polar surface area (TPSA) is 23.8 Å². The summed E-state index contributed by atoms with van der Waals surface area (Å²) in [5, 5.41) is 8.78. The third kappa shape index (κ3) is 12.7. The molecule has 24 heavy (non-hydrogen) atoms. The molecular weight excluding hydrogens is 334 g/mol. The first kappa shape index (κ1) is 23.4. The van der Waals surface area contributed by atoms with Crippen LogP contribution in [0.2, 0.25) is 0 Å². The number of halogens is 1. The predicted molar refractivity (Wildman–Crippen MR) is 105 cm³/mol. The van der Waals surface area contributed by atoms with Crippen LogP contribution in [0.25, 0.3) is 0 Å². The lowest BCUT2D eigenvalue weighted by atomic mass is 10.0. The summed E-state index contributed by atoms with van der Waals surface area (Å²) >= 11 is 1.56. The molecule has 0 atom stereocenters. The summed E-state index contributed by atoms with van der Waals surface area (Å²) in [7, 11) is 0. The third-order valence-corrected chi connectivity index (χ3v) is 5.19. The van der Waals surface area contributed by atoms with E-state index in [0.29, 0.717) is 0 Å². The number of hydrogen-bond donors (Lipinski definition) is 0. The van der Waals surface area contributed by atoms with Crippen molar-refractivity contribution in [3.05, 3.63) is 35.4 Å². The highest BCUT2D eigenvalue weighted by Gasteiger charge is 1.96. The Balaban J connectivity index is 0.00000529. The van der Waals surface area contributed by atoms with Gasteiger partial charge in [0.1, 0.15) is 5.75 Å². The number of aryl methyl sites for hydroxylation is 1. The maximum absolute atomic E-state index is 8.78. The Bertz CT molecular complexity index is 424. The van der Waals surface area contributed by atoms with Crippen LogP contribution in [0.1, 0.15) is 81.8 Å². The standard InChI is InChI=1S/C21H33NS.ClH/c1-23-18-12-10-8-6-4-2-3-5-7-9-11-13-20-14-16-21(19-22)17-15-20;/h14-17H,2-13,18H2,1H3;1H. The lowest BCUT2D eigenvalue weighted by Crippen LogP contribution is -3.00. The van der Waals surface area contributed by atoms with E-state index in [2.05, 4.69) is 24.5 Å². The zero-order valence-electron chi connectivity index (χ0n) is 15.3. The molecule has 0 spiro atoms. The van der Waals surface area contributed by atoms with Crippen molar-refractivity contribution in [2.24, 2.45) is 0 Å². The van der Waals surface area contributed by atoms with Gasteiger partial charge < -0.3 is 12.4 Å². The van der Waals surface area contributed by atoms with E-state index in [0.717, 1.165) is 12.0 Å². The minimum absolute atomic E-state index is 0. The highest BCUT2D eigenvalue weighted by atomic mass is 35.5. The molecule has 0 aliphatic carbocycles. The number of thiol groups is 1. The number of nitrogens with zero attached hydrogens (tertiary/aromatic N) is 1. The van der Waals surface area contributed by atoms with E-state index in [9.17, 15) is 0 Å².